The second kappa shape index (κ2) is 5.94. The molecule has 0 aromatic heterocycles. The van der Waals surface area contributed by atoms with E-state index in [1.807, 2.05) is 12.1 Å². The highest BCUT2D eigenvalue weighted by Gasteiger charge is 2.42. The highest BCUT2D eigenvalue weighted by atomic mass is 35.5. The Labute approximate surface area is 145 Å². The second-order valence-corrected chi connectivity index (χ2v) is 6.89. The first-order chi connectivity index (χ1) is 11.6. The smallest absolute Gasteiger partial charge is 0.278 e. The lowest BCUT2D eigenvalue weighted by molar-refractivity contribution is -0.0712. The van der Waals surface area contributed by atoms with Crippen molar-refractivity contribution in [3.05, 3.63) is 58.4 Å². The molecule has 2 aliphatic rings. The van der Waals surface area contributed by atoms with E-state index in [1.54, 1.807) is 19.1 Å². The van der Waals surface area contributed by atoms with Gasteiger partial charge in [-0.3, -0.25) is 0 Å². The second-order valence-electron chi connectivity index (χ2n) is 6.45. The summed E-state index contributed by atoms with van der Waals surface area (Å²) in [4.78, 5) is 0. The van der Waals surface area contributed by atoms with Gasteiger partial charge in [0.1, 0.15) is 5.82 Å². The Balaban J connectivity index is 1.70. The summed E-state index contributed by atoms with van der Waals surface area (Å²) in [5, 5.41) is 3.87. The number of piperidine rings is 1. The fourth-order valence-electron chi connectivity index (χ4n) is 3.51. The van der Waals surface area contributed by atoms with Crippen molar-refractivity contribution >= 4 is 11.6 Å². The van der Waals surface area contributed by atoms with E-state index >= 15 is 0 Å². The van der Waals surface area contributed by atoms with Gasteiger partial charge in [0.2, 0.25) is 0 Å². The minimum atomic E-state index is -1.19. The largest absolute Gasteiger partial charge is 0.444 e. The van der Waals surface area contributed by atoms with Crippen molar-refractivity contribution in [2.24, 2.45) is 0 Å². The Morgan fingerprint density at radius 1 is 1.21 bits per heavy atom. The van der Waals surface area contributed by atoms with Gasteiger partial charge in [0, 0.05) is 23.6 Å². The summed E-state index contributed by atoms with van der Waals surface area (Å²) in [6.45, 7) is 2.73. The first kappa shape index (κ1) is 15.7. The van der Waals surface area contributed by atoms with Crippen molar-refractivity contribution in [1.82, 2.24) is 5.32 Å². The molecule has 0 amide bonds. The van der Waals surface area contributed by atoms with E-state index in [1.165, 1.54) is 18.9 Å². The molecule has 3 nitrogen and oxygen atoms in total. The molecular weight excluding hydrogens is 329 g/mol. The first-order valence-electron chi connectivity index (χ1n) is 8.27. The van der Waals surface area contributed by atoms with Crippen molar-refractivity contribution in [3.8, 4) is 11.5 Å². The van der Waals surface area contributed by atoms with Gasteiger partial charge in [0.25, 0.3) is 5.79 Å². The molecule has 2 heterocycles. The van der Waals surface area contributed by atoms with E-state index in [0.29, 0.717) is 22.1 Å². The molecule has 24 heavy (non-hydrogen) atoms. The molecule has 5 heteroatoms. The Morgan fingerprint density at radius 3 is 2.83 bits per heavy atom. The number of para-hydroxylation sites is 1. The molecule has 0 bridgehead atoms. The van der Waals surface area contributed by atoms with Crippen LogP contribution in [0.2, 0.25) is 5.02 Å². The quantitative estimate of drug-likeness (QED) is 0.834. The summed E-state index contributed by atoms with van der Waals surface area (Å²) in [5.74, 6) is -0.275. The number of nitrogens with one attached hydrogen (secondary N) is 1. The molecule has 1 saturated heterocycles. The van der Waals surface area contributed by atoms with Crippen LogP contribution in [0.1, 0.15) is 43.4 Å². The molecule has 0 saturated carbocycles. The predicted molar refractivity (Wildman–Crippen MR) is 91.1 cm³/mol. The summed E-state index contributed by atoms with van der Waals surface area (Å²) in [5.41, 5.74) is 1.41. The Morgan fingerprint density at radius 2 is 2.08 bits per heavy atom. The summed E-state index contributed by atoms with van der Waals surface area (Å²) in [6, 6.07) is 10.6. The van der Waals surface area contributed by atoms with Crippen molar-refractivity contribution < 1.29 is 13.9 Å². The zero-order valence-electron chi connectivity index (χ0n) is 13.4. The van der Waals surface area contributed by atoms with E-state index in [-0.39, 0.29) is 6.04 Å². The minimum absolute atomic E-state index is 0.245. The van der Waals surface area contributed by atoms with Crippen molar-refractivity contribution in [2.75, 3.05) is 6.54 Å². The van der Waals surface area contributed by atoms with Gasteiger partial charge in [0.05, 0.1) is 5.56 Å². The van der Waals surface area contributed by atoms with Crippen LogP contribution in [0.15, 0.2) is 36.4 Å². The first-order valence-corrected chi connectivity index (χ1v) is 8.64. The van der Waals surface area contributed by atoms with Gasteiger partial charge in [-0.15, -0.1) is 0 Å². The fraction of sp³-hybridized carbons (Fsp3) is 0.368. The SMILES string of the molecule is C[C@]1(c2ccc(Cl)cc2F)Oc2cccc(C3CCCCN3)c2O1. The van der Waals surface area contributed by atoms with Crippen LogP contribution in [-0.4, -0.2) is 6.54 Å². The Bertz CT molecular complexity index is 776. The van der Waals surface area contributed by atoms with Crippen LogP contribution < -0.4 is 14.8 Å². The lowest BCUT2D eigenvalue weighted by atomic mass is 9.96. The molecule has 1 fully saturated rings. The van der Waals surface area contributed by atoms with Crippen LogP contribution >= 0.6 is 11.6 Å². The molecular formula is C19H19ClFNO2. The molecule has 2 aromatic carbocycles. The predicted octanol–water partition coefficient (Wildman–Crippen LogP) is 4.94. The molecule has 2 aliphatic heterocycles. The summed E-state index contributed by atoms with van der Waals surface area (Å²) in [7, 11) is 0. The minimum Gasteiger partial charge on any atom is -0.444 e. The highest BCUT2D eigenvalue weighted by Crippen LogP contribution is 2.48. The highest BCUT2D eigenvalue weighted by molar-refractivity contribution is 6.30. The van der Waals surface area contributed by atoms with Crippen molar-refractivity contribution in [2.45, 2.75) is 38.0 Å². The zero-order chi connectivity index (χ0) is 16.7. The number of benzene rings is 2. The number of hydrogen-bond donors (Lipinski definition) is 1. The van der Waals surface area contributed by atoms with Crippen molar-refractivity contribution in [3.63, 3.8) is 0 Å². The van der Waals surface area contributed by atoms with Gasteiger partial charge in [0.15, 0.2) is 11.5 Å². The van der Waals surface area contributed by atoms with Gasteiger partial charge >= 0.3 is 0 Å². The summed E-state index contributed by atoms with van der Waals surface area (Å²) < 4.78 is 26.5. The van der Waals surface area contributed by atoms with Crippen LogP contribution in [0, 0.1) is 5.82 Å². The maximum absolute atomic E-state index is 14.4. The maximum atomic E-state index is 14.4. The van der Waals surface area contributed by atoms with Gasteiger partial charge in [-0.25, -0.2) is 4.39 Å². The average molecular weight is 348 g/mol. The number of rotatable bonds is 2. The van der Waals surface area contributed by atoms with E-state index in [9.17, 15) is 4.39 Å². The lowest BCUT2D eigenvalue weighted by Crippen LogP contribution is -2.33. The van der Waals surface area contributed by atoms with E-state index in [4.69, 9.17) is 21.1 Å². The maximum Gasteiger partial charge on any atom is 0.278 e. The third kappa shape index (κ3) is 2.64. The molecule has 2 aromatic rings. The normalized spacial score (nSPS) is 25.7. The van der Waals surface area contributed by atoms with Gasteiger partial charge in [-0.2, -0.15) is 0 Å². The molecule has 4 rings (SSSR count). The third-order valence-electron chi connectivity index (χ3n) is 4.72. The molecule has 2 atom stereocenters. The molecule has 126 valence electrons. The van der Waals surface area contributed by atoms with Gasteiger partial charge < -0.3 is 14.8 Å². The number of fused-ring (bicyclic) bond motifs is 1. The number of hydrogen-bond acceptors (Lipinski definition) is 3. The number of ether oxygens (including phenoxy) is 2. The zero-order valence-corrected chi connectivity index (χ0v) is 14.2. The lowest BCUT2D eigenvalue weighted by Gasteiger charge is -2.26. The standard InChI is InChI=1S/C19H19ClFNO2/c1-19(14-9-8-12(20)11-15(14)21)23-17-7-4-5-13(18(17)24-19)16-6-2-3-10-22-16/h4-5,7-9,11,16,22H,2-3,6,10H2,1H3/t16?,19-/m0/s1. The Kier molecular flexibility index (Phi) is 3.89. The van der Waals surface area contributed by atoms with Crippen LogP contribution in [-0.2, 0) is 5.79 Å². The monoisotopic (exact) mass is 347 g/mol. The van der Waals surface area contributed by atoms with Crippen molar-refractivity contribution in [1.29, 1.82) is 0 Å². The summed E-state index contributed by atoms with van der Waals surface area (Å²) in [6.07, 6.45) is 3.44. The van der Waals surface area contributed by atoms with Crippen LogP contribution in [0.5, 0.6) is 11.5 Å². The average Bonchev–Trinajstić information content (AvgIpc) is 2.92. The third-order valence-corrected chi connectivity index (χ3v) is 4.95. The Hall–Kier alpha value is -1.78. The van der Waals surface area contributed by atoms with Crippen LogP contribution in [0.3, 0.4) is 0 Å². The topological polar surface area (TPSA) is 30.5 Å². The van der Waals surface area contributed by atoms with Crippen LogP contribution in [0.25, 0.3) is 0 Å². The van der Waals surface area contributed by atoms with Gasteiger partial charge in [-0.05, 0) is 43.7 Å². The van der Waals surface area contributed by atoms with E-state index < -0.39 is 11.6 Å². The molecule has 1 unspecified atom stereocenters. The van der Waals surface area contributed by atoms with Crippen LogP contribution in [0.4, 0.5) is 4.39 Å². The molecule has 1 N–H and O–H groups in total. The van der Waals surface area contributed by atoms with E-state index in [2.05, 4.69) is 11.4 Å². The van der Waals surface area contributed by atoms with E-state index in [0.717, 1.165) is 18.5 Å². The summed E-state index contributed by atoms with van der Waals surface area (Å²) >= 11 is 5.86. The fourth-order valence-corrected chi connectivity index (χ4v) is 3.67. The molecule has 0 radical (unpaired) electrons. The van der Waals surface area contributed by atoms with Gasteiger partial charge in [-0.1, -0.05) is 30.2 Å². The molecule has 0 spiro atoms. The number of halogens is 2. The molecule has 0 aliphatic carbocycles.